The third-order valence-corrected chi connectivity index (χ3v) is 7.72. The molecule has 1 heterocycles. The van der Waals surface area contributed by atoms with Crippen LogP contribution in [0.15, 0.2) is 48.5 Å². The summed E-state index contributed by atoms with van der Waals surface area (Å²) >= 11 is 0. The molecule has 2 N–H and O–H groups in total. The second-order valence-electron chi connectivity index (χ2n) is 10.7. The monoisotopic (exact) mass is 478 g/mol. The Hall–Kier alpha value is -3.35. The lowest BCUT2D eigenvalue weighted by Gasteiger charge is -2.32. The largest absolute Gasteiger partial charge is 0.481 e. The summed E-state index contributed by atoms with van der Waals surface area (Å²) in [6.45, 7) is 8.17. The minimum atomic E-state index is -0.925. The molecule has 1 aliphatic heterocycles. The molecule has 1 aliphatic carbocycles. The van der Waals surface area contributed by atoms with Crippen LogP contribution in [-0.2, 0) is 14.3 Å². The maximum Gasteiger partial charge on any atom is 0.407 e. The number of alkyl carbamates (subject to hydrolysis) is 1. The van der Waals surface area contributed by atoms with Crippen molar-refractivity contribution < 1.29 is 24.2 Å². The minimum absolute atomic E-state index is 0.0347. The molecule has 0 bridgehead atoms. The number of fused-ring (bicyclic) bond motifs is 3. The van der Waals surface area contributed by atoms with Gasteiger partial charge in [0.25, 0.3) is 0 Å². The van der Waals surface area contributed by atoms with E-state index in [-0.39, 0.29) is 37.4 Å². The number of nitrogens with one attached hydrogen (secondary N) is 1. The van der Waals surface area contributed by atoms with Crippen LogP contribution in [0.1, 0.15) is 51.2 Å². The molecule has 1 atom stereocenters. The number of ether oxygens (including phenoxy) is 1. The number of aliphatic carboxylic acids is 1. The van der Waals surface area contributed by atoms with Crippen molar-refractivity contribution in [2.45, 2.75) is 40.0 Å². The van der Waals surface area contributed by atoms with Crippen molar-refractivity contribution in [2.75, 3.05) is 26.2 Å². The fraction of sp³-hybridized carbons (Fsp3) is 0.464. The number of hydrogen-bond acceptors (Lipinski definition) is 4. The zero-order valence-electron chi connectivity index (χ0n) is 20.8. The first-order chi connectivity index (χ1) is 16.6. The summed E-state index contributed by atoms with van der Waals surface area (Å²) in [6, 6.07) is 16.3. The highest BCUT2D eigenvalue weighted by molar-refractivity contribution is 5.85. The van der Waals surface area contributed by atoms with Crippen LogP contribution in [-0.4, -0.2) is 54.2 Å². The summed E-state index contributed by atoms with van der Waals surface area (Å²) in [7, 11) is 0. The number of amides is 2. The predicted molar refractivity (Wildman–Crippen MR) is 133 cm³/mol. The van der Waals surface area contributed by atoms with E-state index in [1.54, 1.807) is 18.7 Å². The Morgan fingerprint density at radius 2 is 1.66 bits per heavy atom. The summed E-state index contributed by atoms with van der Waals surface area (Å²) in [6.07, 6.45) is -0.141. The Morgan fingerprint density at radius 3 is 2.17 bits per heavy atom. The van der Waals surface area contributed by atoms with Crippen LogP contribution in [0, 0.1) is 16.7 Å². The molecule has 186 valence electrons. The van der Waals surface area contributed by atoms with Crippen molar-refractivity contribution in [3.63, 3.8) is 0 Å². The zero-order chi connectivity index (χ0) is 25.4. The first-order valence-electron chi connectivity index (χ1n) is 12.2. The molecule has 35 heavy (non-hydrogen) atoms. The average molecular weight is 479 g/mol. The van der Waals surface area contributed by atoms with Gasteiger partial charge in [-0.15, -0.1) is 0 Å². The molecular formula is C28H34N2O5. The van der Waals surface area contributed by atoms with Crippen molar-refractivity contribution in [3.8, 4) is 11.1 Å². The number of nitrogens with zero attached hydrogens (tertiary/aromatic N) is 1. The number of rotatable bonds is 7. The van der Waals surface area contributed by atoms with Gasteiger partial charge in [-0.05, 0) is 48.4 Å². The molecule has 0 spiro atoms. The molecule has 7 heteroatoms. The quantitative estimate of drug-likeness (QED) is 0.610. The summed E-state index contributed by atoms with van der Waals surface area (Å²) in [5.41, 5.74) is 2.78. The number of carbonyl (C=O) groups excluding carboxylic acids is 2. The molecule has 1 unspecified atom stereocenters. The van der Waals surface area contributed by atoms with E-state index in [1.807, 2.05) is 38.1 Å². The van der Waals surface area contributed by atoms with E-state index in [0.29, 0.717) is 13.0 Å². The predicted octanol–water partition coefficient (Wildman–Crippen LogP) is 4.51. The van der Waals surface area contributed by atoms with E-state index < -0.39 is 22.9 Å². The van der Waals surface area contributed by atoms with Crippen LogP contribution in [0.5, 0.6) is 0 Å². The molecule has 4 rings (SSSR count). The summed E-state index contributed by atoms with van der Waals surface area (Å²) in [5.74, 6) is -1.15. The van der Waals surface area contributed by atoms with E-state index in [9.17, 15) is 19.5 Å². The lowest BCUT2D eigenvalue weighted by Crippen LogP contribution is -2.48. The summed E-state index contributed by atoms with van der Waals surface area (Å²) < 4.78 is 5.58. The van der Waals surface area contributed by atoms with Gasteiger partial charge < -0.3 is 20.1 Å². The highest BCUT2D eigenvalue weighted by Crippen LogP contribution is 2.44. The van der Waals surface area contributed by atoms with Crippen LogP contribution in [0.25, 0.3) is 11.1 Å². The second kappa shape index (κ2) is 9.36. The Bertz CT molecular complexity index is 1100. The SMILES string of the molecule is CC(C)C1(C(=O)O)CCN(C(=O)C(C)(C)CNC(=O)OCC2c3ccccc3-c3ccccc32)C1. The third-order valence-electron chi connectivity index (χ3n) is 7.72. The van der Waals surface area contributed by atoms with Crippen molar-refractivity contribution >= 4 is 18.0 Å². The van der Waals surface area contributed by atoms with Gasteiger partial charge in [0.1, 0.15) is 6.61 Å². The second-order valence-corrected chi connectivity index (χ2v) is 10.7. The molecule has 1 fully saturated rings. The number of carbonyl (C=O) groups is 3. The topological polar surface area (TPSA) is 95.9 Å². The van der Waals surface area contributed by atoms with Crippen molar-refractivity contribution in [1.29, 1.82) is 0 Å². The Kier molecular flexibility index (Phi) is 6.62. The third kappa shape index (κ3) is 4.51. The molecule has 2 amide bonds. The fourth-order valence-electron chi connectivity index (χ4n) is 5.35. The maximum absolute atomic E-state index is 13.2. The molecule has 0 aromatic heterocycles. The van der Waals surface area contributed by atoms with Gasteiger partial charge in [0.05, 0.1) is 10.8 Å². The van der Waals surface area contributed by atoms with Crippen molar-refractivity contribution in [1.82, 2.24) is 10.2 Å². The van der Waals surface area contributed by atoms with Crippen LogP contribution in [0.2, 0.25) is 0 Å². The minimum Gasteiger partial charge on any atom is -0.481 e. The maximum atomic E-state index is 13.2. The highest BCUT2D eigenvalue weighted by atomic mass is 16.5. The van der Waals surface area contributed by atoms with Gasteiger partial charge in [-0.3, -0.25) is 9.59 Å². The van der Waals surface area contributed by atoms with E-state index in [0.717, 1.165) is 22.3 Å². The van der Waals surface area contributed by atoms with E-state index in [2.05, 4.69) is 29.6 Å². The molecule has 2 aromatic carbocycles. The van der Waals surface area contributed by atoms with Gasteiger partial charge in [0, 0.05) is 25.6 Å². The van der Waals surface area contributed by atoms with Gasteiger partial charge >= 0.3 is 12.1 Å². The standard InChI is InChI=1S/C28H34N2O5/c1-18(2)28(25(32)33)13-14-30(17-28)24(31)27(3,4)16-29-26(34)35-15-23-21-11-7-5-9-19(21)20-10-6-8-12-22(20)23/h5-12,18,23H,13-17H2,1-4H3,(H,29,34)(H,32,33). The Labute approximate surface area is 206 Å². The lowest BCUT2D eigenvalue weighted by molar-refractivity contribution is -0.151. The van der Waals surface area contributed by atoms with Gasteiger partial charge in [-0.1, -0.05) is 62.4 Å². The van der Waals surface area contributed by atoms with Gasteiger partial charge in [0.15, 0.2) is 0 Å². The molecular weight excluding hydrogens is 444 g/mol. The first-order valence-corrected chi connectivity index (χ1v) is 12.2. The highest BCUT2D eigenvalue weighted by Gasteiger charge is 2.50. The van der Waals surface area contributed by atoms with Gasteiger partial charge in [0.2, 0.25) is 5.91 Å². The Balaban J connectivity index is 1.34. The molecule has 7 nitrogen and oxygen atoms in total. The molecule has 1 saturated heterocycles. The first kappa shape index (κ1) is 24.8. The fourth-order valence-corrected chi connectivity index (χ4v) is 5.35. The zero-order valence-corrected chi connectivity index (χ0v) is 20.8. The van der Waals surface area contributed by atoms with Gasteiger partial charge in [-0.2, -0.15) is 0 Å². The average Bonchev–Trinajstić information content (AvgIpc) is 3.42. The normalized spacial score (nSPS) is 19.4. The van der Waals surface area contributed by atoms with Crippen LogP contribution in [0.4, 0.5) is 4.79 Å². The van der Waals surface area contributed by atoms with Gasteiger partial charge in [-0.25, -0.2) is 4.79 Å². The van der Waals surface area contributed by atoms with E-state index in [4.69, 9.17) is 4.74 Å². The number of carboxylic acid groups (broad SMARTS) is 1. The summed E-state index contributed by atoms with van der Waals surface area (Å²) in [5, 5.41) is 12.5. The molecule has 2 aliphatic rings. The lowest BCUT2D eigenvalue weighted by atomic mass is 9.76. The van der Waals surface area contributed by atoms with Crippen LogP contribution < -0.4 is 5.32 Å². The van der Waals surface area contributed by atoms with E-state index in [1.165, 1.54) is 0 Å². The molecule has 2 aromatic rings. The van der Waals surface area contributed by atoms with Crippen LogP contribution in [0.3, 0.4) is 0 Å². The van der Waals surface area contributed by atoms with E-state index >= 15 is 0 Å². The summed E-state index contributed by atoms with van der Waals surface area (Å²) in [4.78, 5) is 39.3. The van der Waals surface area contributed by atoms with Crippen molar-refractivity contribution in [3.05, 3.63) is 59.7 Å². The molecule has 0 radical (unpaired) electrons. The smallest absolute Gasteiger partial charge is 0.407 e. The number of carboxylic acids is 1. The number of hydrogen-bond donors (Lipinski definition) is 2. The number of likely N-dealkylation sites (tertiary alicyclic amines) is 1. The number of benzene rings is 2. The Morgan fingerprint density at radius 1 is 1.09 bits per heavy atom. The van der Waals surface area contributed by atoms with Crippen molar-refractivity contribution in [2.24, 2.45) is 16.7 Å². The van der Waals surface area contributed by atoms with Crippen LogP contribution >= 0.6 is 0 Å². The molecule has 0 saturated carbocycles.